The second-order valence-electron chi connectivity index (χ2n) is 9.22. The van der Waals surface area contributed by atoms with Crippen LogP contribution in [0.5, 0.6) is 0 Å². The lowest BCUT2D eigenvalue weighted by Crippen LogP contribution is -2.50. The van der Waals surface area contributed by atoms with Gasteiger partial charge in [0.1, 0.15) is 5.15 Å². The number of hydrogen-bond acceptors (Lipinski definition) is 7. The molecule has 0 radical (unpaired) electrons. The van der Waals surface area contributed by atoms with Crippen molar-refractivity contribution in [3.05, 3.63) is 42.2 Å². The maximum atomic E-state index is 6.21. The predicted molar refractivity (Wildman–Crippen MR) is 129 cm³/mol. The van der Waals surface area contributed by atoms with Crippen LogP contribution < -0.4 is 5.32 Å². The Balaban J connectivity index is 1.14. The highest BCUT2D eigenvalue weighted by Crippen LogP contribution is 2.28. The first-order chi connectivity index (χ1) is 16.1. The van der Waals surface area contributed by atoms with Crippen molar-refractivity contribution in [2.45, 2.75) is 37.8 Å². The molecule has 0 aromatic carbocycles. The van der Waals surface area contributed by atoms with Crippen LogP contribution in [0.15, 0.2) is 37.1 Å². The molecule has 0 atom stereocenters. The minimum atomic E-state index is 0.427. The summed E-state index contributed by atoms with van der Waals surface area (Å²) in [5, 5.41) is 8.82. The van der Waals surface area contributed by atoms with E-state index in [0.717, 1.165) is 35.5 Å². The average Bonchev–Trinajstić information content (AvgIpc) is 3.43. The molecule has 1 N–H and O–H groups in total. The molecule has 2 fully saturated rings. The Morgan fingerprint density at radius 1 is 0.970 bits per heavy atom. The number of fused-ring (bicyclic) bond motifs is 2. The minimum Gasteiger partial charge on any atom is -0.350 e. The fraction of sp³-hybridized carbons (Fsp3) is 0.478. The quantitative estimate of drug-likeness (QED) is 0.496. The lowest BCUT2D eigenvalue weighted by Gasteiger charge is -2.41. The SMILES string of the molecule is CN1CCN([C@H]2CC[C@H](Nc3ncc4c(-c5cnc6ncc(Cl)n6c5)ccn4n3)CC2)CC1. The van der Waals surface area contributed by atoms with E-state index in [2.05, 4.69) is 37.1 Å². The van der Waals surface area contributed by atoms with Gasteiger partial charge in [0.05, 0.1) is 17.9 Å². The van der Waals surface area contributed by atoms with Gasteiger partial charge in [-0.1, -0.05) is 11.6 Å². The van der Waals surface area contributed by atoms with Crippen LogP contribution in [0.2, 0.25) is 5.15 Å². The average molecular weight is 466 g/mol. The molecule has 10 heteroatoms. The third-order valence-electron chi connectivity index (χ3n) is 7.13. The number of piperazine rings is 1. The van der Waals surface area contributed by atoms with Crippen LogP contribution in [0.3, 0.4) is 0 Å². The van der Waals surface area contributed by atoms with Crippen molar-refractivity contribution in [1.82, 2.24) is 38.8 Å². The van der Waals surface area contributed by atoms with Crippen LogP contribution in [-0.4, -0.2) is 84.1 Å². The highest BCUT2D eigenvalue weighted by molar-refractivity contribution is 6.29. The van der Waals surface area contributed by atoms with Gasteiger partial charge in [-0.3, -0.25) is 9.30 Å². The van der Waals surface area contributed by atoms with Crippen LogP contribution in [-0.2, 0) is 0 Å². The van der Waals surface area contributed by atoms with E-state index in [1.807, 2.05) is 29.2 Å². The molecule has 1 aliphatic carbocycles. The number of nitrogens with one attached hydrogen (secondary N) is 1. The summed E-state index contributed by atoms with van der Waals surface area (Å²) in [5.74, 6) is 1.26. The first-order valence-electron chi connectivity index (χ1n) is 11.7. The smallest absolute Gasteiger partial charge is 0.241 e. The molecule has 0 amide bonds. The molecular weight excluding hydrogens is 438 g/mol. The predicted octanol–water partition coefficient (Wildman–Crippen LogP) is 3.06. The molecule has 172 valence electrons. The molecule has 0 bridgehead atoms. The van der Waals surface area contributed by atoms with Crippen molar-refractivity contribution in [3.63, 3.8) is 0 Å². The molecule has 0 unspecified atom stereocenters. The Labute approximate surface area is 197 Å². The van der Waals surface area contributed by atoms with Crippen LogP contribution in [0.4, 0.5) is 5.95 Å². The summed E-state index contributed by atoms with van der Waals surface area (Å²) in [4.78, 5) is 18.3. The van der Waals surface area contributed by atoms with Crippen LogP contribution in [0.1, 0.15) is 25.7 Å². The van der Waals surface area contributed by atoms with E-state index >= 15 is 0 Å². The van der Waals surface area contributed by atoms with Crippen molar-refractivity contribution >= 4 is 28.8 Å². The zero-order chi connectivity index (χ0) is 22.4. The Morgan fingerprint density at radius 2 is 1.76 bits per heavy atom. The Morgan fingerprint density at radius 3 is 2.58 bits per heavy atom. The summed E-state index contributed by atoms with van der Waals surface area (Å²) < 4.78 is 3.65. The van der Waals surface area contributed by atoms with Crippen LogP contribution in [0, 0.1) is 0 Å². The summed E-state index contributed by atoms with van der Waals surface area (Å²) in [6.45, 7) is 4.77. The minimum absolute atomic E-state index is 0.427. The summed E-state index contributed by atoms with van der Waals surface area (Å²) in [7, 11) is 2.22. The molecule has 1 aliphatic heterocycles. The zero-order valence-electron chi connectivity index (χ0n) is 18.7. The summed E-state index contributed by atoms with van der Waals surface area (Å²) in [6, 6.07) is 3.18. The van der Waals surface area contributed by atoms with Gasteiger partial charge in [0.2, 0.25) is 11.7 Å². The normalized spacial score (nSPS) is 22.8. The Kier molecular flexibility index (Phi) is 5.40. The van der Waals surface area contributed by atoms with E-state index in [4.69, 9.17) is 16.7 Å². The third-order valence-corrected chi connectivity index (χ3v) is 7.41. The number of halogens is 1. The van der Waals surface area contributed by atoms with E-state index < -0.39 is 0 Å². The number of anilines is 1. The maximum Gasteiger partial charge on any atom is 0.241 e. The van der Waals surface area contributed by atoms with Gasteiger partial charge in [-0.2, -0.15) is 0 Å². The lowest BCUT2D eigenvalue weighted by molar-refractivity contribution is 0.0893. The van der Waals surface area contributed by atoms with Crippen molar-refractivity contribution < 1.29 is 0 Å². The van der Waals surface area contributed by atoms with Crippen LogP contribution >= 0.6 is 11.6 Å². The molecule has 4 aromatic rings. The van der Waals surface area contributed by atoms with Gasteiger partial charge in [-0.15, -0.1) is 5.10 Å². The maximum absolute atomic E-state index is 6.21. The van der Waals surface area contributed by atoms with Gasteiger partial charge < -0.3 is 10.2 Å². The zero-order valence-corrected chi connectivity index (χ0v) is 19.5. The van der Waals surface area contributed by atoms with Gasteiger partial charge in [0, 0.05) is 68.0 Å². The summed E-state index contributed by atoms with van der Waals surface area (Å²) in [5.41, 5.74) is 2.88. The summed E-state index contributed by atoms with van der Waals surface area (Å²) >= 11 is 6.21. The van der Waals surface area contributed by atoms with E-state index in [0.29, 0.717) is 22.9 Å². The van der Waals surface area contributed by atoms with Gasteiger partial charge in [-0.25, -0.2) is 19.5 Å². The largest absolute Gasteiger partial charge is 0.350 e. The number of nitrogens with zero attached hydrogens (tertiary/aromatic N) is 8. The van der Waals surface area contributed by atoms with Crippen molar-refractivity contribution in [2.75, 3.05) is 38.5 Å². The van der Waals surface area contributed by atoms with Gasteiger partial charge >= 0.3 is 0 Å². The summed E-state index contributed by atoms with van der Waals surface area (Å²) in [6.07, 6.45) is 14.0. The molecule has 6 rings (SSSR count). The van der Waals surface area contributed by atoms with Gasteiger partial charge in [0.25, 0.3) is 0 Å². The molecular formula is C23H28ClN9. The highest BCUT2D eigenvalue weighted by Gasteiger charge is 2.28. The first-order valence-corrected chi connectivity index (χ1v) is 12.0. The molecule has 1 saturated heterocycles. The van der Waals surface area contributed by atoms with Gasteiger partial charge in [0.15, 0.2) is 0 Å². The van der Waals surface area contributed by atoms with E-state index in [9.17, 15) is 0 Å². The fourth-order valence-electron chi connectivity index (χ4n) is 5.15. The number of likely N-dealkylation sites (N-methyl/N-ethyl adjacent to an activating group) is 1. The first kappa shape index (κ1) is 20.8. The Hall–Kier alpha value is -2.75. The van der Waals surface area contributed by atoms with Crippen molar-refractivity contribution in [3.8, 4) is 11.1 Å². The molecule has 5 heterocycles. The molecule has 9 nitrogen and oxygen atoms in total. The fourth-order valence-corrected chi connectivity index (χ4v) is 5.32. The number of hydrogen-bond donors (Lipinski definition) is 1. The molecule has 4 aromatic heterocycles. The monoisotopic (exact) mass is 465 g/mol. The second-order valence-corrected chi connectivity index (χ2v) is 9.61. The topological polar surface area (TPSA) is 78.9 Å². The Bertz CT molecular complexity index is 1270. The number of aromatic nitrogens is 6. The molecule has 33 heavy (non-hydrogen) atoms. The van der Waals surface area contributed by atoms with Crippen molar-refractivity contribution in [1.29, 1.82) is 0 Å². The van der Waals surface area contributed by atoms with E-state index in [1.54, 1.807) is 16.8 Å². The number of imidazole rings is 1. The molecule has 2 aliphatic rings. The second kappa shape index (κ2) is 8.55. The third kappa shape index (κ3) is 4.05. The lowest BCUT2D eigenvalue weighted by atomic mass is 9.90. The van der Waals surface area contributed by atoms with Gasteiger partial charge in [-0.05, 0) is 38.8 Å². The van der Waals surface area contributed by atoms with E-state index in [1.165, 1.54) is 39.0 Å². The number of rotatable bonds is 4. The standard InChI is InChI=1S/C23H28ClN9/c1-30-8-10-31(11-9-30)18-4-2-17(3-5-18)28-22-25-13-20-19(6-7-33(20)29-22)16-12-26-23-27-14-21(24)32(23)15-16/h6-7,12-15,17-18H,2-5,8-11H2,1H3,(H,28,29)/t17-,18-. The molecule has 0 spiro atoms. The van der Waals surface area contributed by atoms with Crippen molar-refractivity contribution in [2.24, 2.45) is 0 Å². The highest BCUT2D eigenvalue weighted by atomic mass is 35.5. The van der Waals surface area contributed by atoms with E-state index in [-0.39, 0.29) is 0 Å². The van der Waals surface area contributed by atoms with Crippen LogP contribution in [0.25, 0.3) is 22.4 Å². The molecule has 1 saturated carbocycles.